The Kier molecular flexibility index (Phi) is 3.04. The zero-order chi connectivity index (χ0) is 13.4. The highest BCUT2D eigenvalue weighted by molar-refractivity contribution is 7.18. The van der Waals surface area contributed by atoms with Crippen molar-refractivity contribution in [2.75, 3.05) is 0 Å². The Labute approximate surface area is 117 Å². The first kappa shape index (κ1) is 12.3. The summed E-state index contributed by atoms with van der Waals surface area (Å²) in [5, 5.41) is 8.79. The molecule has 96 valence electrons. The summed E-state index contributed by atoms with van der Waals surface area (Å²) in [6.45, 7) is 3.95. The van der Waals surface area contributed by atoms with Gasteiger partial charge >= 0.3 is 0 Å². The first-order chi connectivity index (χ1) is 9.16. The molecular weight excluding hydrogens is 278 g/mol. The van der Waals surface area contributed by atoms with Crippen molar-refractivity contribution in [1.82, 2.24) is 9.66 Å². The molecule has 0 saturated heterocycles. The highest BCUT2D eigenvalue weighted by atomic mass is 32.1. The Hall–Kier alpha value is -1.79. The second-order valence-electron chi connectivity index (χ2n) is 4.16. The molecule has 0 bridgehead atoms. The standard InChI is InChI=1S/C13H11N3OS2/c1-8-9(2)19-12-11(8)13(17)16(7-14-12)15-5-10-3-4-18-6-10/h3-7H,1-2H3/b15-5+. The minimum Gasteiger partial charge on any atom is -0.267 e. The molecule has 0 amide bonds. The fourth-order valence-electron chi connectivity index (χ4n) is 1.79. The van der Waals surface area contributed by atoms with Gasteiger partial charge in [0.1, 0.15) is 11.2 Å². The third kappa shape index (κ3) is 2.13. The SMILES string of the molecule is Cc1sc2ncn(/N=C/c3ccsc3)c(=O)c2c1C. The predicted octanol–water partition coefficient (Wildman–Crippen LogP) is 3.02. The first-order valence-corrected chi connectivity index (χ1v) is 7.46. The molecule has 0 aromatic carbocycles. The van der Waals surface area contributed by atoms with E-state index in [2.05, 4.69) is 10.1 Å². The Morgan fingerprint density at radius 3 is 3.00 bits per heavy atom. The summed E-state index contributed by atoms with van der Waals surface area (Å²) < 4.78 is 1.29. The van der Waals surface area contributed by atoms with Gasteiger partial charge in [0.15, 0.2) is 0 Å². The quantitative estimate of drug-likeness (QED) is 0.681. The second-order valence-corrected chi connectivity index (χ2v) is 6.14. The van der Waals surface area contributed by atoms with E-state index in [-0.39, 0.29) is 5.56 Å². The van der Waals surface area contributed by atoms with Gasteiger partial charge in [0, 0.05) is 10.4 Å². The number of rotatable bonds is 2. The van der Waals surface area contributed by atoms with Crippen molar-refractivity contribution in [2.24, 2.45) is 5.10 Å². The summed E-state index contributed by atoms with van der Waals surface area (Å²) in [6, 6.07) is 1.95. The van der Waals surface area contributed by atoms with Crippen LogP contribution in [-0.2, 0) is 0 Å². The van der Waals surface area contributed by atoms with Crippen LogP contribution in [0.5, 0.6) is 0 Å². The summed E-state index contributed by atoms with van der Waals surface area (Å²) in [5.41, 5.74) is 1.87. The van der Waals surface area contributed by atoms with Crippen molar-refractivity contribution < 1.29 is 0 Å². The van der Waals surface area contributed by atoms with E-state index in [0.717, 1.165) is 20.8 Å². The van der Waals surface area contributed by atoms with Crippen molar-refractivity contribution in [3.63, 3.8) is 0 Å². The third-order valence-corrected chi connectivity index (χ3v) is 4.76. The molecule has 0 spiro atoms. The molecule has 0 aliphatic carbocycles. The lowest BCUT2D eigenvalue weighted by Crippen LogP contribution is -2.16. The largest absolute Gasteiger partial charge is 0.282 e. The highest BCUT2D eigenvalue weighted by Crippen LogP contribution is 2.25. The zero-order valence-corrected chi connectivity index (χ0v) is 12.1. The van der Waals surface area contributed by atoms with Crippen LogP contribution in [0.15, 0.2) is 33.0 Å². The molecule has 4 nitrogen and oxygen atoms in total. The van der Waals surface area contributed by atoms with Gasteiger partial charge in [-0.25, -0.2) is 4.98 Å². The fraction of sp³-hybridized carbons (Fsp3) is 0.154. The number of hydrogen-bond acceptors (Lipinski definition) is 5. The van der Waals surface area contributed by atoms with E-state index < -0.39 is 0 Å². The smallest absolute Gasteiger partial charge is 0.267 e. The van der Waals surface area contributed by atoms with Gasteiger partial charge in [0.25, 0.3) is 5.56 Å². The van der Waals surface area contributed by atoms with E-state index in [1.54, 1.807) is 28.9 Å². The van der Waals surface area contributed by atoms with Gasteiger partial charge in [-0.05, 0) is 36.2 Å². The van der Waals surface area contributed by atoms with Crippen LogP contribution < -0.4 is 5.56 Å². The lowest BCUT2D eigenvalue weighted by Gasteiger charge is -1.97. The summed E-state index contributed by atoms with van der Waals surface area (Å²) >= 11 is 3.14. The predicted molar refractivity (Wildman–Crippen MR) is 80.7 cm³/mol. The molecule has 0 N–H and O–H groups in total. The molecule has 0 radical (unpaired) electrons. The van der Waals surface area contributed by atoms with E-state index in [0.29, 0.717) is 5.39 Å². The minimum atomic E-state index is -0.113. The summed E-state index contributed by atoms with van der Waals surface area (Å²) in [4.78, 5) is 18.5. The zero-order valence-electron chi connectivity index (χ0n) is 10.5. The van der Waals surface area contributed by atoms with Crippen LogP contribution in [0, 0.1) is 13.8 Å². The normalized spacial score (nSPS) is 11.7. The second kappa shape index (κ2) is 4.71. The monoisotopic (exact) mass is 289 g/mol. The van der Waals surface area contributed by atoms with Gasteiger partial charge in [-0.3, -0.25) is 4.79 Å². The molecule has 6 heteroatoms. The van der Waals surface area contributed by atoms with Gasteiger partial charge in [-0.15, -0.1) is 11.3 Å². The molecule has 19 heavy (non-hydrogen) atoms. The minimum absolute atomic E-state index is 0.113. The van der Waals surface area contributed by atoms with E-state index in [1.165, 1.54) is 11.0 Å². The van der Waals surface area contributed by atoms with E-state index in [1.807, 2.05) is 30.7 Å². The average molecular weight is 289 g/mol. The van der Waals surface area contributed by atoms with Crippen molar-refractivity contribution >= 4 is 39.1 Å². The Morgan fingerprint density at radius 1 is 1.42 bits per heavy atom. The van der Waals surface area contributed by atoms with Crippen LogP contribution in [0.4, 0.5) is 0 Å². The van der Waals surface area contributed by atoms with E-state index in [4.69, 9.17) is 0 Å². The maximum absolute atomic E-state index is 12.3. The van der Waals surface area contributed by atoms with E-state index in [9.17, 15) is 4.79 Å². The van der Waals surface area contributed by atoms with Crippen molar-refractivity contribution in [3.8, 4) is 0 Å². The molecule has 3 aromatic rings. The third-order valence-electron chi connectivity index (χ3n) is 2.95. The lowest BCUT2D eigenvalue weighted by molar-refractivity contribution is 0.818. The maximum atomic E-state index is 12.3. The summed E-state index contributed by atoms with van der Waals surface area (Å²) in [7, 11) is 0. The van der Waals surface area contributed by atoms with Crippen molar-refractivity contribution in [2.45, 2.75) is 13.8 Å². The van der Waals surface area contributed by atoms with Crippen LogP contribution in [0.25, 0.3) is 10.2 Å². The molecule has 3 rings (SSSR count). The maximum Gasteiger partial charge on any atom is 0.282 e. The number of aryl methyl sites for hydroxylation is 2. The topological polar surface area (TPSA) is 47.2 Å². The molecule has 0 aliphatic heterocycles. The Morgan fingerprint density at radius 2 is 2.26 bits per heavy atom. The average Bonchev–Trinajstić information content (AvgIpc) is 2.99. The van der Waals surface area contributed by atoms with Gasteiger partial charge in [-0.2, -0.15) is 21.1 Å². The van der Waals surface area contributed by atoms with Gasteiger partial charge < -0.3 is 0 Å². The molecule has 0 saturated carbocycles. The van der Waals surface area contributed by atoms with Crippen LogP contribution >= 0.6 is 22.7 Å². The Bertz CT molecular complexity index is 812. The molecular formula is C13H11N3OS2. The first-order valence-electron chi connectivity index (χ1n) is 5.70. The van der Waals surface area contributed by atoms with Crippen LogP contribution in [0.1, 0.15) is 16.0 Å². The van der Waals surface area contributed by atoms with Crippen LogP contribution in [-0.4, -0.2) is 15.9 Å². The molecule has 0 atom stereocenters. The number of hydrogen-bond donors (Lipinski definition) is 0. The van der Waals surface area contributed by atoms with Crippen molar-refractivity contribution in [1.29, 1.82) is 0 Å². The number of nitrogens with zero attached hydrogens (tertiary/aromatic N) is 3. The van der Waals surface area contributed by atoms with Crippen molar-refractivity contribution in [3.05, 3.63) is 49.5 Å². The number of thiophene rings is 2. The van der Waals surface area contributed by atoms with Gasteiger partial charge in [-0.1, -0.05) is 0 Å². The number of aromatic nitrogens is 2. The Balaban J connectivity index is 2.13. The van der Waals surface area contributed by atoms with Crippen LogP contribution in [0.2, 0.25) is 0 Å². The fourth-order valence-corrected chi connectivity index (χ4v) is 3.38. The highest BCUT2D eigenvalue weighted by Gasteiger charge is 2.11. The van der Waals surface area contributed by atoms with Gasteiger partial charge in [0.05, 0.1) is 11.6 Å². The summed E-state index contributed by atoms with van der Waals surface area (Å²) in [6.07, 6.45) is 3.14. The molecule has 0 unspecified atom stereocenters. The molecule has 0 fully saturated rings. The lowest BCUT2D eigenvalue weighted by atomic mass is 10.2. The van der Waals surface area contributed by atoms with Gasteiger partial charge in [0.2, 0.25) is 0 Å². The molecule has 3 heterocycles. The van der Waals surface area contributed by atoms with Crippen LogP contribution in [0.3, 0.4) is 0 Å². The molecule has 0 aliphatic rings. The molecule has 3 aromatic heterocycles. The van der Waals surface area contributed by atoms with E-state index >= 15 is 0 Å². The summed E-state index contributed by atoms with van der Waals surface area (Å²) in [5.74, 6) is 0. The number of fused-ring (bicyclic) bond motifs is 1.